The number of ketones is 1. The average Bonchev–Trinajstić information content (AvgIpc) is 3.24. The Hall–Kier alpha value is -3.58. The predicted octanol–water partition coefficient (Wildman–Crippen LogP) is 3.83. The van der Waals surface area contributed by atoms with Crippen molar-refractivity contribution in [3.05, 3.63) is 82.9 Å². The van der Waals surface area contributed by atoms with Gasteiger partial charge in [0.2, 0.25) is 18.0 Å². The quantitative estimate of drug-likeness (QED) is 0.493. The zero-order valence-corrected chi connectivity index (χ0v) is 16.8. The number of hydrogen-bond donors (Lipinski definition) is 2. The van der Waals surface area contributed by atoms with Crippen molar-refractivity contribution in [2.75, 3.05) is 5.32 Å². The number of carbonyl (C=O) groups is 1. The summed E-state index contributed by atoms with van der Waals surface area (Å²) in [4.78, 5) is 29.3. The van der Waals surface area contributed by atoms with Crippen molar-refractivity contribution in [3.63, 3.8) is 0 Å². The van der Waals surface area contributed by atoms with Crippen LogP contribution in [0.25, 0.3) is 11.2 Å². The van der Waals surface area contributed by atoms with Crippen molar-refractivity contribution in [3.8, 4) is 0 Å². The highest BCUT2D eigenvalue weighted by atomic mass is 35.5. The van der Waals surface area contributed by atoms with Gasteiger partial charge in [-0.15, -0.1) is 0 Å². The van der Waals surface area contributed by atoms with E-state index in [2.05, 4.69) is 25.3 Å². The maximum Gasteiger partial charge on any atom is 0.242 e. The fourth-order valence-electron chi connectivity index (χ4n) is 3.86. The van der Waals surface area contributed by atoms with E-state index in [1.165, 1.54) is 6.33 Å². The minimum Gasteiger partial charge on any atom is -0.340 e. The Morgan fingerprint density at radius 2 is 1.93 bits per heavy atom. The number of carbonyl (C=O) groups excluding carboxylic acids is 1. The molecule has 4 aromatic rings. The van der Waals surface area contributed by atoms with Crippen LogP contribution in [0.1, 0.15) is 34.5 Å². The van der Waals surface area contributed by atoms with E-state index in [0.29, 0.717) is 27.6 Å². The SMILES string of the molecule is C[C@H](Nc1ncnc2nc[nH]c12)[N+]1=Cc2cccc(Cl)c2C(=O)C1c1ccccc1. The second-order valence-electron chi connectivity index (χ2n) is 7.10. The van der Waals surface area contributed by atoms with Gasteiger partial charge in [-0.05, 0) is 12.1 Å². The lowest BCUT2D eigenvalue weighted by molar-refractivity contribution is -0.579. The van der Waals surface area contributed by atoms with Crippen molar-refractivity contribution in [2.24, 2.45) is 0 Å². The Labute approximate surface area is 177 Å². The molecule has 7 nitrogen and oxygen atoms in total. The zero-order chi connectivity index (χ0) is 20.7. The summed E-state index contributed by atoms with van der Waals surface area (Å²) >= 11 is 6.40. The lowest BCUT2D eigenvalue weighted by Crippen LogP contribution is -2.41. The van der Waals surface area contributed by atoms with Crippen molar-refractivity contribution in [2.45, 2.75) is 19.1 Å². The molecule has 2 aromatic heterocycles. The molecule has 0 aliphatic carbocycles. The van der Waals surface area contributed by atoms with Crippen LogP contribution < -0.4 is 5.32 Å². The second kappa shape index (κ2) is 7.35. The highest BCUT2D eigenvalue weighted by Gasteiger charge is 2.41. The van der Waals surface area contributed by atoms with Crippen LogP contribution in [0.15, 0.2) is 61.2 Å². The Bertz CT molecular complexity index is 1280. The van der Waals surface area contributed by atoms with Gasteiger partial charge in [0.05, 0.1) is 22.5 Å². The molecule has 0 amide bonds. The Morgan fingerprint density at radius 1 is 1.10 bits per heavy atom. The van der Waals surface area contributed by atoms with E-state index in [0.717, 1.165) is 11.1 Å². The first kappa shape index (κ1) is 18.4. The molecule has 148 valence electrons. The van der Waals surface area contributed by atoms with Crippen LogP contribution in [0.2, 0.25) is 5.02 Å². The Kier molecular flexibility index (Phi) is 4.52. The van der Waals surface area contributed by atoms with E-state index < -0.39 is 6.04 Å². The molecule has 3 heterocycles. The molecule has 1 unspecified atom stereocenters. The van der Waals surface area contributed by atoms with Crippen LogP contribution in [-0.4, -0.2) is 42.7 Å². The number of H-pyrrole nitrogens is 1. The molecule has 30 heavy (non-hydrogen) atoms. The number of rotatable bonds is 4. The largest absolute Gasteiger partial charge is 0.340 e. The third kappa shape index (κ3) is 3.04. The Morgan fingerprint density at radius 3 is 2.77 bits per heavy atom. The van der Waals surface area contributed by atoms with Gasteiger partial charge in [0.1, 0.15) is 11.8 Å². The second-order valence-corrected chi connectivity index (χ2v) is 7.51. The molecule has 0 saturated carbocycles. The molecule has 8 heteroatoms. The van der Waals surface area contributed by atoms with Crippen molar-refractivity contribution in [1.29, 1.82) is 0 Å². The summed E-state index contributed by atoms with van der Waals surface area (Å²) in [5.74, 6) is 0.585. The van der Waals surface area contributed by atoms with Gasteiger partial charge in [0.25, 0.3) is 0 Å². The van der Waals surface area contributed by atoms with Gasteiger partial charge in [-0.1, -0.05) is 48.0 Å². The third-order valence-corrected chi connectivity index (χ3v) is 5.57. The van der Waals surface area contributed by atoms with Crippen LogP contribution in [0.4, 0.5) is 5.82 Å². The maximum atomic E-state index is 13.6. The number of aromatic nitrogens is 4. The first-order valence-electron chi connectivity index (χ1n) is 9.54. The highest BCUT2D eigenvalue weighted by molar-refractivity contribution is 6.35. The van der Waals surface area contributed by atoms with Crippen LogP contribution in [0, 0.1) is 0 Å². The molecule has 0 bridgehead atoms. The molecular formula is C22H18ClN6O+. The lowest BCUT2D eigenvalue weighted by atomic mass is 9.90. The number of imidazole rings is 1. The normalized spacial score (nSPS) is 16.8. The molecule has 0 radical (unpaired) electrons. The van der Waals surface area contributed by atoms with Gasteiger partial charge in [0.15, 0.2) is 17.7 Å². The minimum atomic E-state index is -0.514. The predicted molar refractivity (Wildman–Crippen MR) is 115 cm³/mol. The molecule has 0 saturated heterocycles. The van der Waals surface area contributed by atoms with E-state index in [1.54, 1.807) is 12.4 Å². The van der Waals surface area contributed by atoms with Gasteiger partial charge >= 0.3 is 0 Å². The van der Waals surface area contributed by atoms with Crippen molar-refractivity contribution in [1.82, 2.24) is 19.9 Å². The number of halogens is 1. The van der Waals surface area contributed by atoms with E-state index in [9.17, 15) is 4.79 Å². The number of benzene rings is 2. The van der Waals surface area contributed by atoms with E-state index in [1.807, 2.05) is 60.2 Å². The summed E-state index contributed by atoms with van der Waals surface area (Å²) < 4.78 is 2.00. The number of nitrogens with zero attached hydrogens (tertiary/aromatic N) is 4. The first-order valence-corrected chi connectivity index (χ1v) is 9.92. The third-order valence-electron chi connectivity index (χ3n) is 5.26. The van der Waals surface area contributed by atoms with Gasteiger partial charge in [-0.3, -0.25) is 4.79 Å². The minimum absolute atomic E-state index is 0.0349. The van der Waals surface area contributed by atoms with E-state index in [4.69, 9.17) is 11.6 Å². The monoisotopic (exact) mass is 417 g/mol. The van der Waals surface area contributed by atoms with Crippen LogP contribution in [-0.2, 0) is 0 Å². The smallest absolute Gasteiger partial charge is 0.242 e. The van der Waals surface area contributed by atoms with E-state index in [-0.39, 0.29) is 11.9 Å². The fourth-order valence-corrected chi connectivity index (χ4v) is 4.13. The summed E-state index contributed by atoms with van der Waals surface area (Å²) in [5, 5.41) is 3.86. The van der Waals surface area contributed by atoms with Crippen LogP contribution in [0.3, 0.4) is 0 Å². The number of nitrogens with one attached hydrogen (secondary N) is 2. The standard InChI is InChI=1S/C22H17ClN6O/c1-13(28-22-18-21(25-11-24-18)26-12-27-22)29-10-15-8-5-9-16(23)17(15)20(30)19(29)14-6-3-2-4-7-14/h2-13,19,30H,1H3/p+1/t13-,19?/m1/s1. The van der Waals surface area contributed by atoms with Crippen molar-refractivity contribution < 1.29 is 9.37 Å². The summed E-state index contributed by atoms with van der Waals surface area (Å²) in [6.07, 6.45) is 4.76. The number of hydrogen-bond acceptors (Lipinski definition) is 5. The summed E-state index contributed by atoms with van der Waals surface area (Å²) in [6.45, 7) is 1.99. The number of Topliss-reactive ketones (excluding diaryl/α,β-unsaturated/α-hetero) is 1. The van der Waals surface area contributed by atoms with Gasteiger partial charge in [0, 0.05) is 12.5 Å². The molecule has 2 N–H and O–H groups in total. The molecule has 2 aromatic carbocycles. The summed E-state index contributed by atoms with van der Waals surface area (Å²) in [7, 11) is 0. The average molecular weight is 418 g/mol. The molecular weight excluding hydrogens is 400 g/mol. The molecule has 1 aliphatic rings. The summed E-state index contributed by atoms with van der Waals surface area (Å²) in [5.41, 5.74) is 3.53. The van der Waals surface area contributed by atoms with Crippen molar-refractivity contribution >= 4 is 40.6 Å². The summed E-state index contributed by atoms with van der Waals surface area (Å²) in [6, 6.07) is 14.7. The van der Waals surface area contributed by atoms with Gasteiger partial charge < -0.3 is 10.3 Å². The number of fused-ring (bicyclic) bond motifs is 2. The molecule has 1 aliphatic heterocycles. The molecule has 0 fully saturated rings. The Balaban J connectivity index is 1.61. The lowest BCUT2D eigenvalue weighted by Gasteiger charge is -2.25. The molecule has 2 atom stereocenters. The maximum absolute atomic E-state index is 13.6. The van der Waals surface area contributed by atoms with Gasteiger partial charge in [-0.2, -0.15) is 4.58 Å². The number of anilines is 1. The van der Waals surface area contributed by atoms with E-state index >= 15 is 0 Å². The fraction of sp³-hybridized carbons (Fsp3) is 0.136. The molecule has 0 spiro atoms. The topological polar surface area (TPSA) is 86.6 Å². The van der Waals surface area contributed by atoms with Gasteiger partial charge in [-0.25, -0.2) is 15.0 Å². The first-order chi connectivity index (χ1) is 14.6. The van der Waals surface area contributed by atoms with Crippen LogP contribution in [0.5, 0.6) is 0 Å². The zero-order valence-electron chi connectivity index (χ0n) is 16.1. The molecule has 5 rings (SSSR count). The number of aromatic amines is 1. The van der Waals surface area contributed by atoms with Crippen LogP contribution >= 0.6 is 11.6 Å². The highest BCUT2D eigenvalue weighted by Crippen LogP contribution is 2.32.